The van der Waals surface area contributed by atoms with E-state index in [9.17, 15) is 4.79 Å². The van der Waals surface area contributed by atoms with E-state index in [4.69, 9.17) is 11.6 Å². The monoisotopic (exact) mass is 249 g/mol. The van der Waals surface area contributed by atoms with Crippen LogP contribution in [0.5, 0.6) is 0 Å². The molecule has 0 aliphatic heterocycles. The fraction of sp³-hybridized carbons (Fsp3) is 0.167. The first-order chi connectivity index (χ1) is 8.18. The van der Waals surface area contributed by atoms with Gasteiger partial charge >= 0.3 is 0 Å². The molecule has 88 valence electrons. The molecule has 0 aliphatic rings. The van der Waals surface area contributed by atoms with Gasteiger partial charge < -0.3 is 5.32 Å². The maximum atomic E-state index is 11.8. The molecule has 4 nitrogen and oxygen atoms in total. The van der Waals surface area contributed by atoms with Crippen molar-refractivity contribution in [1.29, 1.82) is 0 Å². The topological polar surface area (TPSA) is 57.8 Å². The highest BCUT2D eigenvalue weighted by molar-refractivity contribution is 6.33. The molecule has 0 spiro atoms. The minimum Gasteiger partial charge on any atom is -0.344 e. The number of hydrogen-bond acceptors (Lipinski definition) is 2. The number of carbonyl (C=O) groups excluding carboxylic acids is 1. The van der Waals surface area contributed by atoms with Crippen molar-refractivity contribution in [3.8, 4) is 0 Å². The summed E-state index contributed by atoms with van der Waals surface area (Å²) in [6, 6.07) is 9.63. The normalized spacial score (nSPS) is 12.1. The Morgan fingerprint density at radius 1 is 1.41 bits per heavy atom. The lowest BCUT2D eigenvalue weighted by Crippen LogP contribution is -2.27. The Morgan fingerprint density at radius 3 is 2.71 bits per heavy atom. The molecule has 0 saturated heterocycles. The van der Waals surface area contributed by atoms with Crippen molar-refractivity contribution in [3.63, 3.8) is 0 Å². The van der Waals surface area contributed by atoms with Crippen LogP contribution >= 0.6 is 11.6 Å². The zero-order valence-corrected chi connectivity index (χ0v) is 10.0. The van der Waals surface area contributed by atoms with Crippen molar-refractivity contribution in [2.45, 2.75) is 13.0 Å². The summed E-state index contributed by atoms with van der Waals surface area (Å²) in [5, 5.41) is 9.44. The van der Waals surface area contributed by atoms with Gasteiger partial charge in [-0.2, -0.15) is 5.10 Å². The van der Waals surface area contributed by atoms with Crippen LogP contribution in [0.1, 0.15) is 29.0 Å². The highest BCUT2D eigenvalue weighted by atomic mass is 35.5. The molecule has 1 atom stereocenters. The molecule has 0 fully saturated rings. The SMILES string of the molecule is C[C@H](NC(=O)c1[nH]ncc1Cl)c1ccccc1. The van der Waals surface area contributed by atoms with Gasteiger partial charge in [0.05, 0.1) is 17.3 Å². The first-order valence-corrected chi connectivity index (χ1v) is 5.61. The van der Waals surface area contributed by atoms with E-state index in [1.807, 2.05) is 37.3 Å². The molecule has 0 saturated carbocycles. The quantitative estimate of drug-likeness (QED) is 0.878. The van der Waals surface area contributed by atoms with E-state index in [-0.39, 0.29) is 17.6 Å². The predicted octanol–water partition coefficient (Wildman–Crippen LogP) is 2.55. The lowest BCUT2D eigenvalue weighted by molar-refractivity contribution is 0.0935. The van der Waals surface area contributed by atoms with Gasteiger partial charge in [-0.3, -0.25) is 9.89 Å². The number of amides is 1. The van der Waals surface area contributed by atoms with E-state index in [0.29, 0.717) is 5.02 Å². The zero-order valence-electron chi connectivity index (χ0n) is 9.27. The molecule has 0 unspecified atom stereocenters. The Bertz CT molecular complexity index is 509. The van der Waals surface area contributed by atoms with Gasteiger partial charge in [0.2, 0.25) is 0 Å². The summed E-state index contributed by atoms with van der Waals surface area (Å²) in [7, 11) is 0. The smallest absolute Gasteiger partial charge is 0.271 e. The summed E-state index contributed by atoms with van der Waals surface area (Å²) < 4.78 is 0. The fourth-order valence-corrected chi connectivity index (χ4v) is 1.70. The third-order valence-corrected chi connectivity index (χ3v) is 2.75. The summed E-state index contributed by atoms with van der Waals surface area (Å²) >= 11 is 5.81. The number of aromatic amines is 1. The number of nitrogens with one attached hydrogen (secondary N) is 2. The van der Waals surface area contributed by atoms with Crippen molar-refractivity contribution in [2.24, 2.45) is 0 Å². The van der Waals surface area contributed by atoms with E-state index in [2.05, 4.69) is 15.5 Å². The molecule has 1 aromatic heterocycles. The molecule has 5 heteroatoms. The Balaban J connectivity index is 2.08. The van der Waals surface area contributed by atoms with Crippen molar-refractivity contribution >= 4 is 17.5 Å². The Labute approximate surface area is 104 Å². The number of carbonyl (C=O) groups is 1. The average molecular weight is 250 g/mol. The number of halogens is 1. The summed E-state index contributed by atoms with van der Waals surface area (Å²) in [6.07, 6.45) is 1.41. The van der Waals surface area contributed by atoms with Crippen LogP contribution in [-0.2, 0) is 0 Å². The van der Waals surface area contributed by atoms with Gasteiger partial charge in [0.15, 0.2) is 0 Å². The molecule has 2 N–H and O–H groups in total. The zero-order chi connectivity index (χ0) is 12.3. The number of benzene rings is 1. The number of aromatic nitrogens is 2. The second-order valence-corrected chi connectivity index (χ2v) is 4.11. The molecule has 0 bridgehead atoms. The van der Waals surface area contributed by atoms with Crippen LogP contribution in [0, 0.1) is 0 Å². The van der Waals surface area contributed by atoms with Crippen LogP contribution in [0.25, 0.3) is 0 Å². The average Bonchev–Trinajstić information content (AvgIpc) is 2.76. The number of nitrogens with zero attached hydrogens (tertiary/aromatic N) is 1. The van der Waals surface area contributed by atoms with E-state index in [0.717, 1.165) is 5.56 Å². The highest BCUT2D eigenvalue weighted by Crippen LogP contribution is 2.15. The summed E-state index contributed by atoms with van der Waals surface area (Å²) in [5.41, 5.74) is 1.32. The molecule has 0 radical (unpaired) electrons. The molecular formula is C12H12ClN3O. The number of rotatable bonds is 3. The molecule has 0 aliphatic carbocycles. The van der Waals surface area contributed by atoms with Crippen LogP contribution in [-0.4, -0.2) is 16.1 Å². The maximum Gasteiger partial charge on any atom is 0.271 e. The molecule has 1 amide bonds. The first kappa shape index (κ1) is 11.7. The molecule has 1 heterocycles. The van der Waals surface area contributed by atoms with Crippen molar-refractivity contribution in [1.82, 2.24) is 15.5 Å². The molecule has 2 rings (SSSR count). The minimum absolute atomic E-state index is 0.0805. The van der Waals surface area contributed by atoms with E-state index >= 15 is 0 Å². The van der Waals surface area contributed by atoms with Gasteiger partial charge in [-0.25, -0.2) is 0 Å². The van der Waals surface area contributed by atoms with E-state index in [1.54, 1.807) is 0 Å². The van der Waals surface area contributed by atoms with Crippen molar-refractivity contribution < 1.29 is 4.79 Å². The van der Waals surface area contributed by atoms with Crippen LogP contribution < -0.4 is 5.32 Å². The highest BCUT2D eigenvalue weighted by Gasteiger charge is 2.15. The van der Waals surface area contributed by atoms with Gasteiger partial charge in [0.1, 0.15) is 5.69 Å². The Morgan fingerprint density at radius 2 is 2.12 bits per heavy atom. The van der Waals surface area contributed by atoms with Crippen LogP contribution in [0.15, 0.2) is 36.5 Å². The number of hydrogen-bond donors (Lipinski definition) is 2. The van der Waals surface area contributed by atoms with E-state index < -0.39 is 0 Å². The van der Waals surface area contributed by atoms with Crippen molar-refractivity contribution in [2.75, 3.05) is 0 Å². The second-order valence-electron chi connectivity index (χ2n) is 3.70. The Kier molecular flexibility index (Phi) is 3.44. The molecule has 2 aromatic rings. The molecule has 1 aromatic carbocycles. The first-order valence-electron chi connectivity index (χ1n) is 5.23. The van der Waals surface area contributed by atoms with E-state index in [1.165, 1.54) is 6.20 Å². The van der Waals surface area contributed by atoms with Gasteiger partial charge in [-0.15, -0.1) is 0 Å². The summed E-state index contributed by atoms with van der Waals surface area (Å²) in [6.45, 7) is 1.91. The lowest BCUT2D eigenvalue weighted by atomic mass is 10.1. The predicted molar refractivity (Wildman–Crippen MR) is 65.9 cm³/mol. The van der Waals surface area contributed by atoms with Crippen molar-refractivity contribution in [3.05, 3.63) is 52.8 Å². The van der Waals surface area contributed by atoms with Crippen LogP contribution in [0.2, 0.25) is 5.02 Å². The van der Waals surface area contributed by atoms with Crippen LogP contribution in [0.3, 0.4) is 0 Å². The maximum absolute atomic E-state index is 11.8. The Hall–Kier alpha value is -1.81. The number of H-pyrrole nitrogens is 1. The third kappa shape index (κ3) is 2.65. The summed E-state index contributed by atoms with van der Waals surface area (Å²) in [4.78, 5) is 11.8. The second kappa shape index (κ2) is 5.01. The molecular weight excluding hydrogens is 238 g/mol. The van der Waals surface area contributed by atoms with Crippen LogP contribution in [0.4, 0.5) is 0 Å². The van der Waals surface area contributed by atoms with Gasteiger partial charge in [0.25, 0.3) is 5.91 Å². The van der Waals surface area contributed by atoms with Gasteiger partial charge in [-0.1, -0.05) is 41.9 Å². The molecule has 17 heavy (non-hydrogen) atoms. The lowest BCUT2D eigenvalue weighted by Gasteiger charge is -2.13. The van der Waals surface area contributed by atoms with Gasteiger partial charge in [-0.05, 0) is 12.5 Å². The largest absolute Gasteiger partial charge is 0.344 e. The minimum atomic E-state index is -0.260. The fourth-order valence-electron chi connectivity index (χ4n) is 1.52. The van der Waals surface area contributed by atoms with Gasteiger partial charge in [0, 0.05) is 0 Å². The summed E-state index contributed by atoms with van der Waals surface area (Å²) in [5.74, 6) is -0.260. The standard InChI is InChI=1S/C12H12ClN3O/c1-8(9-5-3-2-4-6-9)15-12(17)11-10(13)7-14-16-11/h2-8H,1H3,(H,14,16)(H,15,17)/t8-/m0/s1. The third-order valence-electron chi connectivity index (χ3n) is 2.47.